The Labute approximate surface area is 185 Å². The topological polar surface area (TPSA) is 77.5 Å². The number of fused-ring (bicyclic) bond motifs is 3. The molecule has 3 aliphatic rings. The second-order valence-corrected chi connectivity index (χ2v) is 14.4. The number of hydrogen-bond acceptors (Lipinski definition) is 6. The molecule has 1 saturated heterocycles. The Morgan fingerprint density at radius 3 is 2.23 bits per heavy atom. The Balaban J connectivity index is 1.74. The van der Waals surface area contributed by atoms with Crippen molar-refractivity contribution in [1.82, 2.24) is 0 Å². The lowest BCUT2D eigenvalue weighted by Crippen LogP contribution is -2.51. The van der Waals surface area contributed by atoms with Crippen LogP contribution in [0.5, 0.6) is 0 Å². The molecule has 31 heavy (non-hydrogen) atoms. The number of Topliss-reactive ketones (excluding diaryl/α,β-unsaturated/α-hetero) is 3. The zero-order valence-corrected chi connectivity index (χ0v) is 19.0. The summed E-state index contributed by atoms with van der Waals surface area (Å²) in [6, 6.07) is 11.2. The maximum absolute atomic E-state index is 13.8. The molecule has 1 spiro atoms. The van der Waals surface area contributed by atoms with Crippen molar-refractivity contribution in [1.29, 1.82) is 0 Å². The Kier molecular flexibility index (Phi) is 4.68. The van der Waals surface area contributed by atoms with E-state index < -0.39 is 20.6 Å². The molecule has 7 heteroatoms. The average Bonchev–Trinajstić information content (AvgIpc) is 3.18. The molecule has 2 aromatic rings. The van der Waals surface area contributed by atoms with Crippen LogP contribution >= 0.6 is 19.9 Å². The maximum Gasteiger partial charge on any atom is 0.303 e. The van der Waals surface area contributed by atoms with E-state index in [4.69, 9.17) is 4.74 Å². The highest BCUT2D eigenvalue weighted by Gasteiger charge is 2.56. The van der Waals surface area contributed by atoms with Crippen LogP contribution in [0.2, 0.25) is 0 Å². The van der Waals surface area contributed by atoms with Gasteiger partial charge in [0.1, 0.15) is 0 Å². The fourth-order valence-electron chi connectivity index (χ4n) is 4.96. The van der Waals surface area contributed by atoms with Gasteiger partial charge >= 0.3 is 5.97 Å². The van der Waals surface area contributed by atoms with Crippen LogP contribution in [0.25, 0.3) is 10.8 Å². The molecule has 0 amide bonds. The predicted molar refractivity (Wildman–Crippen MR) is 124 cm³/mol. The van der Waals surface area contributed by atoms with Gasteiger partial charge in [-0.25, -0.2) is 0 Å². The summed E-state index contributed by atoms with van der Waals surface area (Å²) < 4.78 is 5.64. The summed E-state index contributed by atoms with van der Waals surface area (Å²) in [7, 11) is -0.121. The fourth-order valence-corrected chi connectivity index (χ4v) is 13.1. The Morgan fingerprint density at radius 2 is 1.68 bits per heavy atom. The van der Waals surface area contributed by atoms with E-state index in [9.17, 15) is 19.2 Å². The van der Waals surface area contributed by atoms with Crippen molar-refractivity contribution in [3.63, 3.8) is 0 Å². The van der Waals surface area contributed by atoms with Gasteiger partial charge in [-0.05, 0) is 42.0 Å². The van der Waals surface area contributed by atoms with E-state index in [2.05, 4.69) is 0 Å². The number of esters is 1. The number of allylic oxidation sites excluding steroid dienone is 1. The summed E-state index contributed by atoms with van der Waals surface area (Å²) in [5.74, 6) is 0.823. The summed E-state index contributed by atoms with van der Waals surface area (Å²) in [6.07, 6.45) is 0.889. The van der Waals surface area contributed by atoms with Crippen molar-refractivity contribution < 1.29 is 23.9 Å². The smallest absolute Gasteiger partial charge is 0.303 e. The molecule has 2 aromatic carbocycles. The molecular weight excluding hydrogens is 432 g/mol. The van der Waals surface area contributed by atoms with Crippen LogP contribution in [0.1, 0.15) is 47.4 Å². The van der Waals surface area contributed by atoms with Crippen LogP contribution < -0.4 is 0 Å². The first-order chi connectivity index (χ1) is 14.8. The lowest BCUT2D eigenvalue weighted by Gasteiger charge is -2.49. The molecule has 5 rings (SSSR count). The van der Waals surface area contributed by atoms with Gasteiger partial charge in [-0.15, -0.1) is 10.8 Å². The van der Waals surface area contributed by atoms with Crippen molar-refractivity contribution in [2.24, 2.45) is 0 Å². The van der Waals surface area contributed by atoms with E-state index in [0.29, 0.717) is 27.4 Å². The minimum Gasteiger partial charge on any atom is -0.450 e. The van der Waals surface area contributed by atoms with Gasteiger partial charge in [0.05, 0.1) is 4.91 Å². The summed E-state index contributed by atoms with van der Waals surface area (Å²) in [6.45, 7) is 2.70. The van der Waals surface area contributed by atoms with Crippen molar-refractivity contribution in [3.05, 3.63) is 58.0 Å². The zero-order chi connectivity index (χ0) is 22.0. The van der Waals surface area contributed by atoms with Crippen LogP contribution in [0.15, 0.2) is 46.9 Å². The van der Waals surface area contributed by atoms with E-state index in [1.807, 2.05) is 30.3 Å². The highest BCUT2D eigenvalue weighted by atomic mass is 33.2. The number of ketones is 3. The molecule has 0 radical (unpaired) electrons. The SMILES string of the molecule is CC(=O)OC1(C(C)=O)CC2=C(C(=O)c3cc4ccccc4cc3C2=O)S2(CCCS2)C1. The summed E-state index contributed by atoms with van der Waals surface area (Å²) in [5, 5.41) is 1.81. The first-order valence-corrected chi connectivity index (χ1v) is 13.7. The molecule has 5 nitrogen and oxygen atoms in total. The van der Waals surface area contributed by atoms with Gasteiger partial charge in [-0.3, -0.25) is 19.2 Å². The molecule has 1 aliphatic carbocycles. The second kappa shape index (κ2) is 7.07. The monoisotopic (exact) mass is 454 g/mol. The Bertz CT molecular complexity index is 1220. The Hall–Kier alpha value is -2.38. The number of carbonyl (C=O) groups excluding carboxylic acids is 4. The minimum atomic E-state index is -1.81. The first-order valence-electron chi connectivity index (χ1n) is 10.3. The molecule has 0 aromatic heterocycles. The first kappa shape index (κ1) is 20.5. The van der Waals surface area contributed by atoms with Gasteiger partial charge in [0.15, 0.2) is 23.0 Å². The standard InChI is InChI=1S/C24H22O5S2/c1-14(25)24(29-15(2)26)12-20-21(27)18-10-16-6-3-4-7-17(16)11-19(18)22(28)23(20)31(13-24)9-5-8-30-31/h3-4,6-7,10-11H,5,8-9,12-13H2,1-2H3. The van der Waals surface area contributed by atoms with Crippen molar-refractivity contribution >= 4 is 53.9 Å². The summed E-state index contributed by atoms with van der Waals surface area (Å²) in [5.41, 5.74) is -0.173. The molecule has 160 valence electrons. The second-order valence-electron chi connectivity index (χ2n) is 8.37. The minimum absolute atomic E-state index is 0.0244. The lowest BCUT2D eigenvalue weighted by atomic mass is 9.81. The number of rotatable bonds is 2. The largest absolute Gasteiger partial charge is 0.450 e. The van der Waals surface area contributed by atoms with Crippen LogP contribution in [-0.4, -0.2) is 46.2 Å². The third kappa shape index (κ3) is 3.01. The molecule has 2 aliphatic heterocycles. The van der Waals surface area contributed by atoms with E-state index in [1.54, 1.807) is 16.9 Å². The lowest BCUT2D eigenvalue weighted by molar-refractivity contribution is -0.162. The van der Waals surface area contributed by atoms with Gasteiger partial charge in [0, 0.05) is 41.6 Å². The normalized spacial score (nSPS) is 29.5. The van der Waals surface area contributed by atoms with Crippen LogP contribution in [-0.2, 0) is 14.3 Å². The quantitative estimate of drug-likeness (QED) is 0.487. The van der Waals surface area contributed by atoms with Gasteiger partial charge < -0.3 is 4.74 Å². The summed E-state index contributed by atoms with van der Waals surface area (Å²) >= 11 is 0. The third-order valence-electron chi connectivity index (χ3n) is 6.34. The zero-order valence-electron chi connectivity index (χ0n) is 17.4. The number of benzene rings is 2. The van der Waals surface area contributed by atoms with E-state index in [0.717, 1.165) is 28.7 Å². The molecule has 0 N–H and O–H groups in total. The average molecular weight is 455 g/mol. The molecule has 2 atom stereocenters. The molecule has 1 fully saturated rings. The van der Waals surface area contributed by atoms with E-state index in [1.165, 1.54) is 13.8 Å². The molecule has 2 unspecified atom stereocenters. The van der Waals surface area contributed by atoms with E-state index >= 15 is 0 Å². The van der Waals surface area contributed by atoms with Gasteiger partial charge in [-0.2, -0.15) is 9.06 Å². The maximum atomic E-state index is 13.8. The van der Waals surface area contributed by atoms with Crippen molar-refractivity contribution in [3.8, 4) is 0 Å². The summed E-state index contributed by atoms with van der Waals surface area (Å²) in [4.78, 5) is 52.9. The van der Waals surface area contributed by atoms with Gasteiger partial charge in [0.2, 0.25) is 0 Å². The van der Waals surface area contributed by atoms with Crippen molar-refractivity contribution in [2.75, 3.05) is 17.3 Å². The van der Waals surface area contributed by atoms with Crippen LogP contribution in [0.3, 0.4) is 0 Å². The van der Waals surface area contributed by atoms with Crippen LogP contribution in [0, 0.1) is 0 Å². The highest BCUT2D eigenvalue weighted by molar-refractivity contribution is 8.96. The third-order valence-corrected chi connectivity index (χ3v) is 13.5. The predicted octanol–water partition coefficient (Wildman–Crippen LogP) is 4.62. The highest BCUT2D eigenvalue weighted by Crippen LogP contribution is 2.75. The molecule has 2 heterocycles. The van der Waals surface area contributed by atoms with E-state index in [-0.39, 0.29) is 23.8 Å². The van der Waals surface area contributed by atoms with Gasteiger partial charge in [-0.1, -0.05) is 24.3 Å². The van der Waals surface area contributed by atoms with Gasteiger partial charge in [0.25, 0.3) is 0 Å². The Morgan fingerprint density at radius 1 is 1.03 bits per heavy atom. The molecule has 0 bridgehead atoms. The van der Waals surface area contributed by atoms with Crippen LogP contribution in [0.4, 0.5) is 0 Å². The fraction of sp³-hybridized carbons (Fsp3) is 0.333. The number of ether oxygens (including phenoxy) is 1. The number of carbonyl (C=O) groups is 4. The molecular formula is C24H22O5S2. The number of hydrogen-bond donors (Lipinski definition) is 0. The molecule has 0 saturated carbocycles. The van der Waals surface area contributed by atoms with Crippen molar-refractivity contribution in [2.45, 2.75) is 32.3 Å².